The highest BCUT2D eigenvalue weighted by atomic mass is 16.8. The van der Waals surface area contributed by atoms with Crippen molar-refractivity contribution in [1.29, 1.82) is 0 Å². The number of aliphatic hydroxyl groups is 9. The first-order valence-corrected chi connectivity index (χ1v) is 14.8. The quantitative estimate of drug-likeness (QED) is 0.148. The summed E-state index contributed by atoms with van der Waals surface area (Å²) in [6.07, 6.45) is -14.5. The van der Waals surface area contributed by atoms with Gasteiger partial charge in [0.25, 0.3) is 0 Å². The van der Waals surface area contributed by atoms with Crippen molar-refractivity contribution in [2.75, 3.05) is 6.61 Å². The molecule has 14 nitrogen and oxygen atoms in total. The van der Waals surface area contributed by atoms with Crippen molar-refractivity contribution in [2.45, 2.75) is 150 Å². The second kappa shape index (κ2) is 13.2. The van der Waals surface area contributed by atoms with Gasteiger partial charge in [-0.15, -0.1) is 0 Å². The van der Waals surface area contributed by atoms with Crippen LogP contribution in [0.25, 0.3) is 0 Å². The molecule has 238 valence electrons. The molecular weight excluding hydrogens is 548 g/mol. The number of ether oxygens (including phenoxy) is 5. The van der Waals surface area contributed by atoms with Gasteiger partial charge in [0.15, 0.2) is 12.6 Å². The topological polar surface area (TPSA) is 228 Å². The summed E-state index contributed by atoms with van der Waals surface area (Å²) in [6, 6.07) is 0. The zero-order valence-corrected chi connectivity index (χ0v) is 23.1. The van der Waals surface area contributed by atoms with Gasteiger partial charge in [0, 0.05) is 5.92 Å². The maximum Gasteiger partial charge on any atom is 0.187 e. The minimum atomic E-state index is -1.69. The molecule has 5 fully saturated rings. The normalized spacial score (nSPS) is 54.9. The van der Waals surface area contributed by atoms with Crippen molar-refractivity contribution in [1.82, 2.24) is 0 Å². The van der Waals surface area contributed by atoms with Gasteiger partial charge in [-0.1, -0.05) is 0 Å². The van der Waals surface area contributed by atoms with Crippen LogP contribution in [0.4, 0.5) is 0 Å². The molecule has 2 aliphatic carbocycles. The van der Waals surface area contributed by atoms with E-state index in [-0.39, 0.29) is 18.3 Å². The fraction of sp³-hybridized carbons (Fsp3) is 1.00. The summed E-state index contributed by atoms with van der Waals surface area (Å²) in [5, 5.41) is 93.4. The van der Waals surface area contributed by atoms with E-state index in [1.54, 1.807) is 0 Å². The Bertz CT molecular complexity index is 843. The highest BCUT2D eigenvalue weighted by Gasteiger charge is 2.54. The second-order valence-electron chi connectivity index (χ2n) is 12.5. The Balaban J connectivity index is 1.39. The molecule has 0 amide bonds. The first-order chi connectivity index (χ1) is 19.5. The number of hydrogen-bond donors (Lipinski definition) is 9. The average Bonchev–Trinajstić information content (AvgIpc) is 2.94. The third-order valence-electron chi connectivity index (χ3n) is 9.63. The molecule has 16 unspecified atom stereocenters. The molecule has 0 aromatic carbocycles. The Morgan fingerprint density at radius 2 is 1.37 bits per heavy atom. The minimum Gasteiger partial charge on any atom is -0.394 e. The molecule has 9 N–H and O–H groups in total. The molecule has 0 spiro atoms. The molecule has 16 atom stereocenters. The smallest absolute Gasteiger partial charge is 0.187 e. The van der Waals surface area contributed by atoms with E-state index in [4.69, 9.17) is 23.7 Å². The predicted octanol–water partition coefficient (Wildman–Crippen LogP) is -3.14. The molecule has 14 heteroatoms. The van der Waals surface area contributed by atoms with E-state index in [0.717, 1.165) is 0 Å². The Labute approximate surface area is 238 Å². The number of aliphatic hydroxyl groups excluding tert-OH is 9. The highest BCUT2D eigenvalue weighted by Crippen LogP contribution is 2.43. The second-order valence-corrected chi connectivity index (χ2v) is 12.5. The first kappa shape index (κ1) is 31.9. The summed E-state index contributed by atoms with van der Waals surface area (Å²) in [6.45, 7) is 0.837. The summed E-state index contributed by atoms with van der Waals surface area (Å²) in [7, 11) is 0. The molecule has 3 saturated heterocycles. The van der Waals surface area contributed by atoms with Gasteiger partial charge < -0.3 is 69.6 Å². The van der Waals surface area contributed by atoms with Crippen molar-refractivity contribution in [2.24, 2.45) is 11.8 Å². The molecule has 0 bridgehead atoms. The van der Waals surface area contributed by atoms with Crippen molar-refractivity contribution in [3.05, 3.63) is 0 Å². The van der Waals surface area contributed by atoms with Gasteiger partial charge in [0.2, 0.25) is 0 Å². The molecule has 41 heavy (non-hydrogen) atoms. The van der Waals surface area contributed by atoms with Crippen LogP contribution in [-0.2, 0) is 23.7 Å². The Morgan fingerprint density at radius 1 is 0.659 bits per heavy atom. The maximum absolute atomic E-state index is 11.0. The lowest BCUT2D eigenvalue weighted by Crippen LogP contribution is -2.65. The van der Waals surface area contributed by atoms with E-state index in [9.17, 15) is 46.0 Å². The van der Waals surface area contributed by atoms with Gasteiger partial charge >= 0.3 is 0 Å². The van der Waals surface area contributed by atoms with Crippen LogP contribution in [-0.4, -0.2) is 151 Å². The minimum absolute atomic E-state index is 0.00587. The lowest BCUT2D eigenvalue weighted by Gasteiger charge is -2.51. The lowest BCUT2D eigenvalue weighted by molar-refractivity contribution is -0.377. The van der Waals surface area contributed by atoms with E-state index < -0.39 is 105 Å². The monoisotopic (exact) mass is 594 g/mol. The largest absolute Gasteiger partial charge is 0.394 e. The van der Waals surface area contributed by atoms with Crippen molar-refractivity contribution < 1.29 is 69.6 Å². The molecule has 0 radical (unpaired) electrons. The van der Waals surface area contributed by atoms with Crippen LogP contribution in [0.1, 0.15) is 51.9 Å². The summed E-state index contributed by atoms with van der Waals surface area (Å²) in [5.41, 5.74) is 0. The molecule has 2 saturated carbocycles. The van der Waals surface area contributed by atoms with Crippen LogP contribution in [0.2, 0.25) is 0 Å². The number of rotatable bonds is 6. The third kappa shape index (κ3) is 6.61. The molecule has 5 aliphatic rings. The zero-order valence-electron chi connectivity index (χ0n) is 23.1. The average molecular weight is 595 g/mol. The molecule has 0 aromatic rings. The summed E-state index contributed by atoms with van der Waals surface area (Å²) in [5.74, 6) is -0.351. The number of hydrogen-bond acceptors (Lipinski definition) is 14. The lowest BCUT2D eigenvalue weighted by atomic mass is 9.73. The Morgan fingerprint density at radius 3 is 2.05 bits per heavy atom. The van der Waals surface area contributed by atoms with Crippen LogP contribution >= 0.6 is 0 Å². The zero-order chi connectivity index (χ0) is 29.6. The van der Waals surface area contributed by atoms with Crippen molar-refractivity contribution in [3.63, 3.8) is 0 Å². The van der Waals surface area contributed by atoms with Crippen LogP contribution in [0.5, 0.6) is 0 Å². The van der Waals surface area contributed by atoms with E-state index in [0.29, 0.717) is 38.5 Å². The van der Waals surface area contributed by atoms with E-state index >= 15 is 0 Å². The van der Waals surface area contributed by atoms with E-state index in [2.05, 4.69) is 0 Å². The van der Waals surface area contributed by atoms with Gasteiger partial charge in [-0.2, -0.15) is 0 Å². The summed E-state index contributed by atoms with van der Waals surface area (Å²) >= 11 is 0. The molecule has 5 rings (SSSR count). The van der Waals surface area contributed by atoms with Gasteiger partial charge in [-0.05, 0) is 57.8 Å². The molecule has 3 heterocycles. The standard InChI is InChI=1S/C27H46O14/c1-10-19(32)21(34)23(36)26(37-10)41-25-22(35)20(33)18(9-28)40-27(25)39-17-8-14-15(31)6-13(30)7-16(14)38-24(17)11-2-4-12(29)5-3-11/h10-36H,2-9H2,1H3. The molecular formula is C27H46O14. The van der Waals surface area contributed by atoms with Crippen molar-refractivity contribution >= 4 is 0 Å². The van der Waals surface area contributed by atoms with E-state index in [1.807, 2.05) is 0 Å². The summed E-state index contributed by atoms with van der Waals surface area (Å²) < 4.78 is 30.2. The molecule has 0 aromatic heterocycles. The predicted molar refractivity (Wildman–Crippen MR) is 136 cm³/mol. The maximum atomic E-state index is 11.0. The highest BCUT2D eigenvalue weighted by molar-refractivity contribution is 4.99. The van der Waals surface area contributed by atoms with Gasteiger partial charge in [-0.25, -0.2) is 0 Å². The first-order valence-electron chi connectivity index (χ1n) is 14.8. The van der Waals surface area contributed by atoms with E-state index in [1.165, 1.54) is 6.92 Å². The Hall–Kier alpha value is -0.560. The SMILES string of the molecule is CC1OC(OC2C(OC3CC4C(O)CC(O)CC4OC3C3CCC(O)CC3)OC(CO)C(O)C2O)C(O)C(O)C1O. The number of fused-ring (bicyclic) bond motifs is 1. The van der Waals surface area contributed by atoms with Crippen LogP contribution in [0.3, 0.4) is 0 Å². The van der Waals surface area contributed by atoms with Crippen LogP contribution in [0, 0.1) is 11.8 Å². The fourth-order valence-corrected chi connectivity index (χ4v) is 7.14. The van der Waals surface area contributed by atoms with Crippen molar-refractivity contribution in [3.8, 4) is 0 Å². The van der Waals surface area contributed by atoms with Crippen LogP contribution < -0.4 is 0 Å². The summed E-state index contributed by atoms with van der Waals surface area (Å²) in [4.78, 5) is 0. The third-order valence-corrected chi connectivity index (χ3v) is 9.63. The Kier molecular flexibility index (Phi) is 10.3. The van der Waals surface area contributed by atoms with Gasteiger partial charge in [0.05, 0.1) is 49.3 Å². The molecule has 3 aliphatic heterocycles. The fourth-order valence-electron chi connectivity index (χ4n) is 7.14. The van der Waals surface area contributed by atoms with Crippen LogP contribution in [0.15, 0.2) is 0 Å². The van der Waals surface area contributed by atoms with Gasteiger partial charge in [0.1, 0.15) is 42.7 Å². The van der Waals surface area contributed by atoms with Gasteiger partial charge in [-0.3, -0.25) is 0 Å².